The zero-order valence-electron chi connectivity index (χ0n) is 10.1. The Kier molecular flexibility index (Phi) is 2.92. The van der Waals surface area contributed by atoms with Crippen molar-refractivity contribution in [1.29, 1.82) is 0 Å². The number of aryl methyl sites for hydroxylation is 1. The summed E-state index contributed by atoms with van der Waals surface area (Å²) in [4.78, 5) is 4.51. The number of imidazole rings is 1. The largest absolute Gasteiger partial charge is 0.303 e. The van der Waals surface area contributed by atoms with Gasteiger partial charge in [-0.15, -0.1) is 0 Å². The number of pyridine rings is 1. The smallest absolute Gasteiger partial charge is 0.117 e. The van der Waals surface area contributed by atoms with Gasteiger partial charge in [0.05, 0.1) is 11.7 Å². The van der Waals surface area contributed by atoms with E-state index >= 15 is 0 Å². The van der Waals surface area contributed by atoms with Gasteiger partial charge in [0.15, 0.2) is 0 Å². The molecule has 2 heterocycles. The molecule has 0 spiro atoms. The average Bonchev–Trinajstić information content (AvgIpc) is 2.74. The molecule has 0 saturated heterocycles. The Balaban J connectivity index is 2.03. The second-order valence-corrected chi connectivity index (χ2v) is 5.33. The number of halogens is 1. The summed E-state index contributed by atoms with van der Waals surface area (Å²) in [7, 11) is 0. The lowest BCUT2D eigenvalue weighted by Gasteiger charge is -2.05. The third kappa shape index (κ3) is 2.06. The van der Waals surface area contributed by atoms with Gasteiger partial charge in [0, 0.05) is 17.1 Å². The number of benzene rings is 1. The van der Waals surface area contributed by atoms with Crippen LogP contribution in [-0.2, 0) is 6.42 Å². The monoisotopic (exact) mass is 300 g/mol. The number of rotatable bonds is 2. The summed E-state index contributed by atoms with van der Waals surface area (Å²) < 4.78 is 3.22. The average molecular weight is 301 g/mol. The third-order valence-electron chi connectivity index (χ3n) is 3.18. The van der Waals surface area contributed by atoms with E-state index < -0.39 is 0 Å². The fourth-order valence-electron chi connectivity index (χ4n) is 2.14. The zero-order valence-corrected chi connectivity index (χ0v) is 11.7. The number of hydrogen-bond acceptors (Lipinski definition) is 1. The van der Waals surface area contributed by atoms with Gasteiger partial charge in [0.2, 0.25) is 0 Å². The van der Waals surface area contributed by atoms with Crippen LogP contribution >= 0.6 is 15.9 Å². The highest BCUT2D eigenvalue weighted by Gasteiger charge is 2.06. The summed E-state index contributed by atoms with van der Waals surface area (Å²) in [6.45, 7) is 2.14. The maximum Gasteiger partial charge on any atom is 0.117 e. The topological polar surface area (TPSA) is 17.3 Å². The van der Waals surface area contributed by atoms with Crippen LogP contribution in [0.2, 0.25) is 0 Å². The van der Waals surface area contributed by atoms with Gasteiger partial charge in [0.25, 0.3) is 0 Å². The van der Waals surface area contributed by atoms with Crippen LogP contribution in [0.25, 0.3) is 5.52 Å². The summed E-state index contributed by atoms with van der Waals surface area (Å²) in [5.74, 6) is 1.08. The van der Waals surface area contributed by atoms with E-state index in [9.17, 15) is 0 Å². The Bertz CT molecular complexity index is 701. The maximum absolute atomic E-state index is 4.51. The highest BCUT2D eigenvalue weighted by Crippen LogP contribution is 2.17. The van der Waals surface area contributed by atoms with E-state index in [1.807, 2.05) is 12.3 Å². The predicted octanol–water partition coefficient (Wildman–Crippen LogP) is 4.00. The third-order valence-corrected chi connectivity index (χ3v) is 3.67. The Labute approximate surface area is 114 Å². The van der Waals surface area contributed by atoms with E-state index in [0.717, 1.165) is 22.2 Å². The van der Waals surface area contributed by atoms with E-state index in [-0.39, 0.29) is 0 Å². The van der Waals surface area contributed by atoms with Crippen LogP contribution in [0.1, 0.15) is 17.0 Å². The lowest BCUT2D eigenvalue weighted by molar-refractivity contribution is 0.954. The van der Waals surface area contributed by atoms with Crippen LogP contribution in [0.3, 0.4) is 0 Å². The molecule has 3 heteroatoms. The van der Waals surface area contributed by atoms with E-state index in [0.29, 0.717) is 0 Å². The van der Waals surface area contributed by atoms with Crippen molar-refractivity contribution < 1.29 is 0 Å². The predicted molar refractivity (Wildman–Crippen MR) is 76.9 cm³/mol. The minimum atomic E-state index is 0.864. The molecular formula is C15H13BrN2. The maximum atomic E-state index is 4.51. The summed E-state index contributed by atoms with van der Waals surface area (Å²) in [6, 6.07) is 12.6. The van der Waals surface area contributed by atoms with Crippen LogP contribution in [0.15, 0.2) is 53.3 Å². The lowest BCUT2D eigenvalue weighted by atomic mass is 10.1. The van der Waals surface area contributed by atoms with Crippen LogP contribution in [0.4, 0.5) is 0 Å². The standard InChI is InChI=1S/C15H13BrN2/c1-11-4-2-3-5-12(11)8-15-17-10-14-9-13(16)6-7-18(14)15/h2-7,9-10H,8H2,1H3. The minimum absolute atomic E-state index is 0.864. The van der Waals surface area contributed by atoms with Crippen LogP contribution in [0.5, 0.6) is 0 Å². The van der Waals surface area contributed by atoms with Gasteiger partial charge in [-0.1, -0.05) is 40.2 Å². The highest BCUT2D eigenvalue weighted by molar-refractivity contribution is 9.10. The molecule has 0 aliphatic carbocycles. The normalized spacial score (nSPS) is 11.0. The number of nitrogens with zero attached hydrogens (tertiary/aromatic N) is 2. The summed E-state index contributed by atoms with van der Waals surface area (Å²) in [6.07, 6.45) is 4.83. The molecule has 0 aliphatic heterocycles. The molecule has 0 N–H and O–H groups in total. The van der Waals surface area contributed by atoms with Gasteiger partial charge < -0.3 is 4.40 Å². The van der Waals surface area contributed by atoms with Crippen LogP contribution < -0.4 is 0 Å². The molecular weight excluding hydrogens is 288 g/mol. The molecule has 0 bridgehead atoms. The van der Waals surface area contributed by atoms with Gasteiger partial charge in [-0.25, -0.2) is 4.98 Å². The van der Waals surface area contributed by atoms with Crippen LogP contribution in [0, 0.1) is 6.92 Å². The fourth-order valence-corrected chi connectivity index (χ4v) is 2.49. The molecule has 0 unspecified atom stereocenters. The number of hydrogen-bond donors (Lipinski definition) is 0. The van der Waals surface area contributed by atoms with Crippen molar-refractivity contribution in [2.45, 2.75) is 13.3 Å². The van der Waals surface area contributed by atoms with E-state index in [1.54, 1.807) is 0 Å². The Morgan fingerprint density at radius 1 is 1.22 bits per heavy atom. The molecule has 0 amide bonds. The van der Waals surface area contributed by atoms with E-state index in [4.69, 9.17) is 0 Å². The molecule has 2 aromatic heterocycles. The molecule has 0 radical (unpaired) electrons. The molecule has 3 rings (SSSR count). The van der Waals surface area contributed by atoms with Crippen molar-refractivity contribution in [2.24, 2.45) is 0 Å². The van der Waals surface area contributed by atoms with Crippen LogP contribution in [-0.4, -0.2) is 9.38 Å². The molecule has 2 nitrogen and oxygen atoms in total. The summed E-state index contributed by atoms with van der Waals surface area (Å²) in [5, 5.41) is 0. The Morgan fingerprint density at radius 3 is 2.89 bits per heavy atom. The molecule has 18 heavy (non-hydrogen) atoms. The lowest BCUT2D eigenvalue weighted by Crippen LogP contribution is -1.97. The van der Waals surface area contributed by atoms with Gasteiger partial charge in [0.1, 0.15) is 5.82 Å². The summed E-state index contributed by atoms with van der Waals surface area (Å²) in [5.41, 5.74) is 3.76. The van der Waals surface area contributed by atoms with Crippen molar-refractivity contribution in [1.82, 2.24) is 9.38 Å². The number of aromatic nitrogens is 2. The molecule has 0 fully saturated rings. The van der Waals surface area contributed by atoms with Crippen molar-refractivity contribution in [3.05, 3.63) is 70.2 Å². The quantitative estimate of drug-likeness (QED) is 0.699. The molecule has 1 aromatic carbocycles. The van der Waals surface area contributed by atoms with Crippen molar-refractivity contribution in [2.75, 3.05) is 0 Å². The molecule has 0 saturated carbocycles. The highest BCUT2D eigenvalue weighted by atomic mass is 79.9. The van der Waals surface area contributed by atoms with Gasteiger partial charge in [-0.3, -0.25) is 0 Å². The van der Waals surface area contributed by atoms with Crippen molar-refractivity contribution >= 4 is 21.4 Å². The molecule has 0 atom stereocenters. The number of fused-ring (bicyclic) bond motifs is 1. The van der Waals surface area contributed by atoms with Gasteiger partial charge in [-0.2, -0.15) is 0 Å². The van der Waals surface area contributed by atoms with Crippen molar-refractivity contribution in [3.63, 3.8) is 0 Å². The fraction of sp³-hybridized carbons (Fsp3) is 0.133. The first-order valence-corrected chi connectivity index (χ1v) is 6.69. The molecule has 90 valence electrons. The Hall–Kier alpha value is -1.61. The van der Waals surface area contributed by atoms with Gasteiger partial charge >= 0.3 is 0 Å². The van der Waals surface area contributed by atoms with E-state index in [1.165, 1.54) is 11.1 Å². The van der Waals surface area contributed by atoms with Gasteiger partial charge in [-0.05, 0) is 30.2 Å². The molecule has 3 aromatic rings. The SMILES string of the molecule is Cc1ccccc1Cc1ncc2cc(Br)ccn12. The first-order chi connectivity index (χ1) is 8.74. The Morgan fingerprint density at radius 2 is 2.06 bits per heavy atom. The summed E-state index contributed by atoms with van der Waals surface area (Å²) >= 11 is 3.48. The first kappa shape index (κ1) is 11.5. The van der Waals surface area contributed by atoms with Crippen molar-refractivity contribution in [3.8, 4) is 0 Å². The first-order valence-electron chi connectivity index (χ1n) is 5.90. The molecule has 0 aliphatic rings. The van der Waals surface area contributed by atoms with E-state index in [2.05, 4.69) is 68.8 Å². The second kappa shape index (κ2) is 4.58. The zero-order chi connectivity index (χ0) is 12.5. The second-order valence-electron chi connectivity index (χ2n) is 4.42. The minimum Gasteiger partial charge on any atom is -0.303 e.